The number of nitrogen functional groups attached to an aromatic ring is 1. The highest BCUT2D eigenvalue weighted by Gasteiger charge is 2.14. The summed E-state index contributed by atoms with van der Waals surface area (Å²) in [6.07, 6.45) is -0.0731. The smallest absolute Gasteiger partial charge is 0.323 e. The van der Waals surface area contributed by atoms with E-state index in [1.807, 2.05) is 13.8 Å². The molecule has 1 amide bonds. The Morgan fingerprint density at radius 1 is 1.28 bits per heavy atom. The monoisotopic (exact) mass is 254 g/mol. The van der Waals surface area contributed by atoms with Gasteiger partial charge in [-0.1, -0.05) is 0 Å². The normalized spacial score (nSPS) is 12.1. The summed E-state index contributed by atoms with van der Waals surface area (Å²) < 4.78 is 5.32. The van der Waals surface area contributed by atoms with E-state index in [9.17, 15) is 4.79 Å². The average molecular weight is 254 g/mol. The van der Waals surface area contributed by atoms with E-state index < -0.39 is 6.04 Å². The molecule has 8 nitrogen and oxygen atoms in total. The zero-order valence-electron chi connectivity index (χ0n) is 10.9. The van der Waals surface area contributed by atoms with Crippen LogP contribution >= 0.6 is 0 Å². The van der Waals surface area contributed by atoms with Crippen molar-refractivity contribution in [3.8, 4) is 6.01 Å². The fourth-order valence-corrected chi connectivity index (χ4v) is 1.18. The molecular weight excluding hydrogens is 236 g/mol. The van der Waals surface area contributed by atoms with Gasteiger partial charge in [0.2, 0.25) is 17.8 Å². The summed E-state index contributed by atoms with van der Waals surface area (Å²) in [5.41, 5.74) is 5.54. The largest absolute Gasteiger partial charge is 0.461 e. The minimum Gasteiger partial charge on any atom is -0.461 e. The van der Waals surface area contributed by atoms with Crippen LogP contribution < -0.4 is 21.1 Å². The number of nitrogens with one attached hydrogen (secondary N) is 2. The summed E-state index contributed by atoms with van der Waals surface area (Å²) in [5, 5.41) is 5.32. The molecule has 0 aliphatic heterocycles. The van der Waals surface area contributed by atoms with Crippen LogP contribution in [0.15, 0.2) is 0 Å². The number of carbonyl (C=O) groups excluding carboxylic acids is 1. The third kappa shape index (κ3) is 4.04. The number of ether oxygens (including phenoxy) is 1. The molecule has 100 valence electrons. The summed E-state index contributed by atoms with van der Waals surface area (Å²) in [6, 6.07) is -0.354. The Kier molecular flexibility index (Phi) is 4.64. The molecule has 1 atom stereocenters. The molecule has 0 saturated heterocycles. The van der Waals surface area contributed by atoms with Gasteiger partial charge >= 0.3 is 6.01 Å². The van der Waals surface area contributed by atoms with Gasteiger partial charge in [-0.2, -0.15) is 15.0 Å². The van der Waals surface area contributed by atoms with Crippen molar-refractivity contribution in [3.63, 3.8) is 0 Å². The Morgan fingerprint density at radius 3 is 2.50 bits per heavy atom. The molecule has 1 heterocycles. The molecule has 1 aromatic rings. The Hall–Kier alpha value is -2.12. The van der Waals surface area contributed by atoms with Crippen molar-refractivity contribution in [2.24, 2.45) is 0 Å². The Bertz CT molecular complexity index is 423. The van der Waals surface area contributed by atoms with Crippen LogP contribution in [0.2, 0.25) is 0 Å². The average Bonchev–Trinajstić information content (AvgIpc) is 2.25. The van der Waals surface area contributed by atoms with Gasteiger partial charge in [0.15, 0.2) is 0 Å². The molecule has 0 aliphatic carbocycles. The number of hydrogen-bond acceptors (Lipinski definition) is 7. The molecule has 0 aromatic carbocycles. The molecular formula is C10H18N6O2. The van der Waals surface area contributed by atoms with Gasteiger partial charge in [0, 0.05) is 7.05 Å². The third-order valence-corrected chi connectivity index (χ3v) is 1.96. The predicted molar refractivity (Wildman–Crippen MR) is 67.2 cm³/mol. The van der Waals surface area contributed by atoms with E-state index in [2.05, 4.69) is 25.6 Å². The summed E-state index contributed by atoms with van der Waals surface area (Å²) in [4.78, 5) is 23.1. The van der Waals surface area contributed by atoms with Crippen molar-refractivity contribution in [1.29, 1.82) is 0 Å². The molecule has 0 fully saturated rings. The van der Waals surface area contributed by atoms with E-state index in [-0.39, 0.29) is 29.9 Å². The Morgan fingerprint density at radius 2 is 1.94 bits per heavy atom. The maximum Gasteiger partial charge on any atom is 0.323 e. The Balaban J connectivity index is 2.82. The summed E-state index contributed by atoms with van der Waals surface area (Å²) in [7, 11) is 1.55. The zero-order chi connectivity index (χ0) is 13.7. The van der Waals surface area contributed by atoms with Crippen molar-refractivity contribution in [2.45, 2.75) is 32.9 Å². The second-order valence-corrected chi connectivity index (χ2v) is 3.95. The topological polar surface area (TPSA) is 115 Å². The molecule has 4 N–H and O–H groups in total. The minimum absolute atomic E-state index is 0.0345. The molecule has 0 radical (unpaired) electrons. The zero-order valence-corrected chi connectivity index (χ0v) is 10.9. The number of hydrogen-bond donors (Lipinski definition) is 3. The first-order valence-electron chi connectivity index (χ1n) is 5.58. The predicted octanol–water partition coefficient (Wildman–Crippen LogP) is -0.213. The van der Waals surface area contributed by atoms with Crippen molar-refractivity contribution in [3.05, 3.63) is 0 Å². The van der Waals surface area contributed by atoms with Crippen LogP contribution in [-0.4, -0.2) is 40.1 Å². The van der Waals surface area contributed by atoms with E-state index in [0.717, 1.165) is 0 Å². The highest BCUT2D eigenvalue weighted by atomic mass is 16.5. The van der Waals surface area contributed by atoms with Gasteiger partial charge < -0.3 is 21.1 Å². The lowest BCUT2D eigenvalue weighted by atomic mass is 10.3. The van der Waals surface area contributed by atoms with Crippen molar-refractivity contribution >= 4 is 17.8 Å². The number of aromatic nitrogens is 3. The lowest BCUT2D eigenvalue weighted by molar-refractivity contribution is -0.121. The van der Waals surface area contributed by atoms with E-state index in [0.29, 0.717) is 0 Å². The molecule has 18 heavy (non-hydrogen) atoms. The van der Waals surface area contributed by atoms with Crippen LogP contribution in [0.1, 0.15) is 20.8 Å². The van der Waals surface area contributed by atoms with Gasteiger partial charge in [0.1, 0.15) is 6.04 Å². The quantitative estimate of drug-likeness (QED) is 0.665. The summed E-state index contributed by atoms with van der Waals surface area (Å²) in [5.74, 6) is 0.0572. The SMILES string of the molecule is CNC(=O)C(C)Nc1nc(N)nc(OC(C)C)n1. The van der Waals surface area contributed by atoms with Crippen LogP contribution in [0.3, 0.4) is 0 Å². The van der Waals surface area contributed by atoms with Crippen molar-refractivity contribution < 1.29 is 9.53 Å². The van der Waals surface area contributed by atoms with E-state index in [1.165, 1.54) is 0 Å². The fourth-order valence-electron chi connectivity index (χ4n) is 1.18. The van der Waals surface area contributed by atoms with Gasteiger partial charge in [0.25, 0.3) is 0 Å². The van der Waals surface area contributed by atoms with Gasteiger partial charge in [-0.25, -0.2) is 0 Å². The minimum atomic E-state index is -0.483. The Labute approximate surface area is 105 Å². The maximum atomic E-state index is 11.4. The number of anilines is 2. The number of amides is 1. The van der Waals surface area contributed by atoms with E-state index in [1.54, 1.807) is 14.0 Å². The summed E-state index contributed by atoms with van der Waals surface area (Å²) >= 11 is 0. The molecule has 0 spiro atoms. The molecule has 0 saturated carbocycles. The third-order valence-electron chi connectivity index (χ3n) is 1.96. The number of nitrogens with zero attached hydrogens (tertiary/aromatic N) is 3. The fraction of sp³-hybridized carbons (Fsp3) is 0.600. The number of carbonyl (C=O) groups is 1. The van der Waals surface area contributed by atoms with E-state index in [4.69, 9.17) is 10.5 Å². The molecule has 0 aliphatic rings. The van der Waals surface area contributed by atoms with Crippen LogP contribution in [0.25, 0.3) is 0 Å². The first-order valence-corrected chi connectivity index (χ1v) is 5.58. The number of nitrogens with two attached hydrogens (primary N) is 1. The van der Waals surface area contributed by atoms with Crippen LogP contribution in [0.5, 0.6) is 6.01 Å². The molecule has 8 heteroatoms. The second kappa shape index (κ2) is 5.99. The molecule has 0 bridgehead atoms. The van der Waals surface area contributed by atoms with Gasteiger partial charge in [-0.3, -0.25) is 4.79 Å². The first kappa shape index (κ1) is 13.9. The number of rotatable bonds is 5. The van der Waals surface area contributed by atoms with Crippen molar-refractivity contribution in [1.82, 2.24) is 20.3 Å². The van der Waals surface area contributed by atoms with Gasteiger partial charge in [-0.15, -0.1) is 0 Å². The lowest BCUT2D eigenvalue weighted by Gasteiger charge is -2.13. The molecule has 1 aromatic heterocycles. The van der Waals surface area contributed by atoms with Crippen LogP contribution in [0, 0.1) is 0 Å². The van der Waals surface area contributed by atoms with Gasteiger partial charge in [-0.05, 0) is 20.8 Å². The maximum absolute atomic E-state index is 11.4. The van der Waals surface area contributed by atoms with Crippen LogP contribution in [-0.2, 0) is 4.79 Å². The van der Waals surface area contributed by atoms with Gasteiger partial charge in [0.05, 0.1) is 6.10 Å². The highest BCUT2D eigenvalue weighted by Crippen LogP contribution is 2.11. The van der Waals surface area contributed by atoms with Crippen LogP contribution in [0.4, 0.5) is 11.9 Å². The van der Waals surface area contributed by atoms with Crippen molar-refractivity contribution in [2.75, 3.05) is 18.1 Å². The standard InChI is InChI=1S/C10H18N6O2/c1-5(2)18-10-15-8(11)14-9(16-10)13-6(3)7(17)12-4/h5-6H,1-4H3,(H,12,17)(H3,11,13,14,15,16). The molecule has 1 unspecified atom stereocenters. The summed E-state index contributed by atoms with van der Waals surface area (Å²) in [6.45, 7) is 5.38. The second-order valence-electron chi connectivity index (χ2n) is 3.95. The number of likely N-dealkylation sites (N-methyl/N-ethyl adjacent to an activating group) is 1. The first-order chi connectivity index (χ1) is 8.42. The van der Waals surface area contributed by atoms with E-state index >= 15 is 0 Å². The lowest BCUT2D eigenvalue weighted by Crippen LogP contribution is -2.35. The molecule has 1 rings (SSSR count). The highest BCUT2D eigenvalue weighted by molar-refractivity contribution is 5.83.